The molecule has 1 heterocycles. The molecule has 1 aromatic heterocycles. The van der Waals surface area contributed by atoms with E-state index in [0.29, 0.717) is 0 Å². The number of hydrogen-bond donors (Lipinski definition) is 0. The van der Waals surface area contributed by atoms with Crippen LogP contribution in [0.25, 0.3) is 0 Å². The van der Waals surface area contributed by atoms with Crippen LogP contribution in [0.4, 0.5) is 0 Å². The largest absolute Gasteiger partial charge is 0.493 e. The van der Waals surface area contributed by atoms with Crippen LogP contribution in [0.1, 0.15) is 25.3 Å². The average molecular weight is 165 g/mol. The van der Waals surface area contributed by atoms with Gasteiger partial charge in [0.1, 0.15) is 5.75 Å². The van der Waals surface area contributed by atoms with Crippen molar-refractivity contribution < 1.29 is 4.74 Å². The predicted octanol–water partition coefficient (Wildman–Crippen LogP) is 2.57. The number of aromatic nitrogens is 1. The van der Waals surface area contributed by atoms with E-state index < -0.39 is 0 Å². The van der Waals surface area contributed by atoms with Gasteiger partial charge in [0, 0.05) is 18.0 Å². The van der Waals surface area contributed by atoms with Gasteiger partial charge in [-0.05, 0) is 19.4 Å². The molecule has 0 aliphatic heterocycles. The van der Waals surface area contributed by atoms with Crippen LogP contribution in [-0.4, -0.2) is 11.6 Å². The van der Waals surface area contributed by atoms with Gasteiger partial charge in [0.15, 0.2) is 0 Å². The van der Waals surface area contributed by atoms with Crippen LogP contribution in [0.3, 0.4) is 0 Å². The number of ether oxygens (including phenoxy) is 1. The second-order valence-electron chi connectivity index (χ2n) is 2.84. The lowest BCUT2D eigenvalue weighted by Crippen LogP contribution is -1.97. The van der Waals surface area contributed by atoms with E-state index in [0.717, 1.165) is 24.3 Å². The third-order valence-corrected chi connectivity index (χ3v) is 1.72. The van der Waals surface area contributed by atoms with Gasteiger partial charge in [-0.25, -0.2) is 0 Å². The molecule has 0 N–H and O–H groups in total. The van der Waals surface area contributed by atoms with E-state index in [4.69, 9.17) is 4.74 Å². The van der Waals surface area contributed by atoms with Crippen molar-refractivity contribution in [3.63, 3.8) is 0 Å². The topological polar surface area (TPSA) is 22.1 Å². The number of nitrogens with zero attached hydrogens (tertiary/aromatic N) is 1. The SMILES string of the molecule is CCCCOc1ccncc1C. The standard InChI is InChI=1S/C10H15NO/c1-3-4-7-12-10-5-6-11-8-9(10)2/h5-6,8H,3-4,7H2,1-2H3. The molecular formula is C10H15NO. The lowest BCUT2D eigenvalue weighted by atomic mass is 10.3. The molecule has 1 rings (SSSR count). The van der Waals surface area contributed by atoms with Gasteiger partial charge in [-0.1, -0.05) is 13.3 Å². The molecular weight excluding hydrogens is 150 g/mol. The Kier molecular flexibility index (Phi) is 3.58. The zero-order valence-corrected chi connectivity index (χ0v) is 7.71. The van der Waals surface area contributed by atoms with E-state index in [2.05, 4.69) is 11.9 Å². The van der Waals surface area contributed by atoms with E-state index in [1.54, 1.807) is 6.20 Å². The second-order valence-corrected chi connectivity index (χ2v) is 2.84. The molecule has 0 unspecified atom stereocenters. The zero-order valence-electron chi connectivity index (χ0n) is 7.71. The maximum atomic E-state index is 5.54. The fraction of sp³-hybridized carbons (Fsp3) is 0.500. The molecule has 12 heavy (non-hydrogen) atoms. The maximum Gasteiger partial charge on any atom is 0.125 e. The van der Waals surface area contributed by atoms with E-state index >= 15 is 0 Å². The van der Waals surface area contributed by atoms with Crippen molar-refractivity contribution in [2.75, 3.05) is 6.61 Å². The number of aryl methyl sites for hydroxylation is 1. The Morgan fingerprint density at radius 3 is 3.00 bits per heavy atom. The van der Waals surface area contributed by atoms with Gasteiger partial charge in [0.25, 0.3) is 0 Å². The summed E-state index contributed by atoms with van der Waals surface area (Å²) >= 11 is 0. The summed E-state index contributed by atoms with van der Waals surface area (Å²) in [6.45, 7) is 4.97. The molecule has 0 radical (unpaired) electrons. The Morgan fingerprint density at radius 2 is 2.33 bits per heavy atom. The Balaban J connectivity index is 2.46. The van der Waals surface area contributed by atoms with Gasteiger partial charge in [0.05, 0.1) is 6.61 Å². The van der Waals surface area contributed by atoms with Crippen molar-refractivity contribution in [2.45, 2.75) is 26.7 Å². The maximum absolute atomic E-state index is 5.54. The molecule has 0 aliphatic rings. The third-order valence-electron chi connectivity index (χ3n) is 1.72. The molecule has 0 aliphatic carbocycles. The average Bonchev–Trinajstić information content (AvgIpc) is 2.09. The van der Waals surface area contributed by atoms with Crippen molar-refractivity contribution in [3.05, 3.63) is 24.0 Å². The second kappa shape index (κ2) is 4.75. The molecule has 2 nitrogen and oxygen atoms in total. The first kappa shape index (κ1) is 9.04. The van der Waals surface area contributed by atoms with Gasteiger partial charge in [-0.2, -0.15) is 0 Å². The van der Waals surface area contributed by atoms with Crippen molar-refractivity contribution >= 4 is 0 Å². The molecule has 0 fully saturated rings. The van der Waals surface area contributed by atoms with Gasteiger partial charge in [-0.15, -0.1) is 0 Å². The number of rotatable bonds is 4. The quantitative estimate of drug-likeness (QED) is 0.640. The summed E-state index contributed by atoms with van der Waals surface area (Å²) in [7, 11) is 0. The summed E-state index contributed by atoms with van der Waals surface area (Å²) in [6.07, 6.45) is 5.86. The number of unbranched alkanes of at least 4 members (excludes halogenated alkanes) is 1. The van der Waals surface area contributed by atoms with Crippen LogP contribution in [0.2, 0.25) is 0 Å². The van der Waals surface area contributed by atoms with Crippen LogP contribution in [0.5, 0.6) is 5.75 Å². The van der Waals surface area contributed by atoms with E-state index in [-0.39, 0.29) is 0 Å². The summed E-state index contributed by atoms with van der Waals surface area (Å²) in [5, 5.41) is 0. The van der Waals surface area contributed by atoms with E-state index in [9.17, 15) is 0 Å². The highest BCUT2D eigenvalue weighted by Gasteiger charge is 1.96. The molecule has 2 heteroatoms. The molecule has 0 saturated carbocycles. The van der Waals surface area contributed by atoms with E-state index in [1.807, 2.05) is 19.2 Å². The molecule has 0 bridgehead atoms. The zero-order chi connectivity index (χ0) is 8.81. The Morgan fingerprint density at radius 1 is 1.50 bits per heavy atom. The molecule has 0 saturated heterocycles. The Labute approximate surface area is 73.6 Å². The minimum Gasteiger partial charge on any atom is -0.493 e. The van der Waals surface area contributed by atoms with Gasteiger partial charge < -0.3 is 4.74 Å². The highest BCUT2D eigenvalue weighted by molar-refractivity contribution is 5.28. The Bertz CT molecular complexity index is 235. The summed E-state index contributed by atoms with van der Waals surface area (Å²) < 4.78 is 5.54. The lowest BCUT2D eigenvalue weighted by molar-refractivity contribution is 0.307. The van der Waals surface area contributed by atoms with Crippen molar-refractivity contribution in [2.24, 2.45) is 0 Å². The normalized spacial score (nSPS) is 9.83. The minimum absolute atomic E-state index is 0.807. The van der Waals surface area contributed by atoms with Gasteiger partial charge in [-0.3, -0.25) is 4.98 Å². The summed E-state index contributed by atoms with van der Waals surface area (Å²) in [5.41, 5.74) is 1.11. The van der Waals surface area contributed by atoms with Crippen molar-refractivity contribution in [1.82, 2.24) is 4.98 Å². The smallest absolute Gasteiger partial charge is 0.125 e. The predicted molar refractivity (Wildman–Crippen MR) is 49.4 cm³/mol. The van der Waals surface area contributed by atoms with Gasteiger partial charge >= 0.3 is 0 Å². The summed E-state index contributed by atoms with van der Waals surface area (Å²) in [4.78, 5) is 3.99. The van der Waals surface area contributed by atoms with Crippen LogP contribution >= 0.6 is 0 Å². The first-order valence-electron chi connectivity index (χ1n) is 4.38. The molecule has 0 spiro atoms. The molecule has 0 amide bonds. The monoisotopic (exact) mass is 165 g/mol. The summed E-state index contributed by atoms with van der Waals surface area (Å²) in [5.74, 6) is 0.957. The summed E-state index contributed by atoms with van der Waals surface area (Å²) in [6, 6.07) is 1.91. The highest BCUT2D eigenvalue weighted by atomic mass is 16.5. The fourth-order valence-corrected chi connectivity index (χ4v) is 0.949. The van der Waals surface area contributed by atoms with Gasteiger partial charge in [0.2, 0.25) is 0 Å². The minimum atomic E-state index is 0.807. The van der Waals surface area contributed by atoms with E-state index in [1.165, 1.54) is 6.42 Å². The first-order valence-corrected chi connectivity index (χ1v) is 4.38. The van der Waals surface area contributed by atoms with Crippen LogP contribution in [0.15, 0.2) is 18.5 Å². The molecule has 0 atom stereocenters. The van der Waals surface area contributed by atoms with Crippen molar-refractivity contribution in [3.8, 4) is 5.75 Å². The lowest BCUT2D eigenvalue weighted by Gasteiger charge is -2.06. The molecule has 1 aromatic rings. The molecule has 0 aromatic carbocycles. The molecule has 66 valence electrons. The van der Waals surface area contributed by atoms with Crippen LogP contribution in [-0.2, 0) is 0 Å². The number of hydrogen-bond acceptors (Lipinski definition) is 2. The fourth-order valence-electron chi connectivity index (χ4n) is 0.949. The van der Waals surface area contributed by atoms with Crippen LogP contribution in [0, 0.1) is 6.92 Å². The number of pyridine rings is 1. The first-order chi connectivity index (χ1) is 5.84. The Hall–Kier alpha value is -1.05. The van der Waals surface area contributed by atoms with Crippen molar-refractivity contribution in [1.29, 1.82) is 0 Å². The highest BCUT2D eigenvalue weighted by Crippen LogP contribution is 2.14. The third kappa shape index (κ3) is 2.53. The van der Waals surface area contributed by atoms with Crippen LogP contribution < -0.4 is 4.74 Å².